The number of pyridine rings is 2. The van der Waals surface area contributed by atoms with Crippen molar-refractivity contribution in [3.63, 3.8) is 0 Å². The van der Waals surface area contributed by atoms with Crippen LogP contribution in [0.25, 0.3) is 28.0 Å². The Morgan fingerprint density at radius 1 is 1.22 bits per heavy atom. The van der Waals surface area contributed by atoms with Crippen molar-refractivity contribution in [3.05, 3.63) is 76.1 Å². The first-order valence-electron chi connectivity index (χ1n) is 14.1. The molecular weight excluding hydrogens is 625 g/mol. The van der Waals surface area contributed by atoms with Gasteiger partial charge in [0.25, 0.3) is 0 Å². The van der Waals surface area contributed by atoms with E-state index in [-0.39, 0.29) is 69.3 Å². The highest BCUT2D eigenvalue weighted by Gasteiger charge is 2.38. The van der Waals surface area contributed by atoms with E-state index in [9.17, 15) is 18.0 Å². The molecule has 1 atom stereocenters. The number of hydrogen-bond donors (Lipinski definition) is 1. The lowest BCUT2D eigenvalue weighted by molar-refractivity contribution is -0.126. The molecule has 0 unspecified atom stereocenters. The van der Waals surface area contributed by atoms with Gasteiger partial charge in [-0.25, -0.2) is 32.1 Å². The molecule has 5 heterocycles. The van der Waals surface area contributed by atoms with Crippen molar-refractivity contribution in [3.8, 4) is 16.9 Å². The summed E-state index contributed by atoms with van der Waals surface area (Å²) in [5.41, 5.74) is 5.61. The fourth-order valence-electron chi connectivity index (χ4n) is 5.65. The summed E-state index contributed by atoms with van der Waals surface area (Å²) in [6.45, 7) is 8.05. The Kier molecular flexibility index (Phi) is 7.83. The largest absolute Gasteiger partial charge is 0.398 e. The lowest BCUT2D eigenvalue weighted by Crippen LogP contribution is -2.54. The molecule has 0 aliphatic carbocycles. The zero-order valence-corrected chi connectivity index (χ0v) is 26.0. The number of ether oxygens (including phenoxy) is 1. The topological polar surface area (TPSA) is 154 Å². The summed E-state index contributed by atoms with van der Waals surface area (Å²) in [6, 6.07) is 6.94. The molecule has 0 spiro atoms. The van der Waals surface area contributed by atoms with Gasteiger partial charge in [0.1, 0.15) is 16.9 Å². The fourth-order valence-corrected chi connectivity index (χ4v) is 7.49. The van der Waals surface area contributed by atoms with Gasteiger partial charge in [-0.1, -0.05) is 24.2 Å². The maximum absolute atomic E-state index is 15.2. The number of carbonyl (C=O) groups is 1. The molecule has 0 radical (unpaired) electrons. The Morgan fingerprint density at radius 3 is 2.62 bits per heavy atom. The third-order valence-electron chi connectivity index (χ3n) is 8.10. The van der Waals surface area contributed by atoms with Crippen LogP contribution in [0.2, 0.25) is 5.02 Å². The standard InChI is InChI=1S/C30H29ClFN7O5S/c1-4-23(40)37-10-11-38(17(3)13-37)27-19-12-20(31)25(24-21(32)6-5-7-22(24)33)35-28(19)39(30(41)36-27)26-16(2)8-9-34-29(26)45(42,43)18-14-44-15-18/h4-9,12,17-18H,1,10-11,13-15,33H2,2-3H3/t17-/m0/s1. The Morgan fingerprint density at radius 2 is 1.98 bits per heavy atom. The molecule has 0 bridgehead atoms. The monoisotopic (exact) mass is 653 g/mol. The van der Waals surface area contributed by atoms with Crippen LogP contribution in [0, 0.1) is 12.7 Å². The Hall–Kier alpha value is -4.40. The second-order valence-corrected chi connectivity index (χ2v) is 13.5. The smallest absolute Gasteiger partial charge is 0.355 e. The number of piperazine rings is 1. The average molecular weight is 654 g/mol. The van der Waals surface area contributed by atoms with Gasteiger partial charge < -0.3 is 20.3 Å². The van der Waals surface area contributed by atoms with E-state index in [2.05, 4.69) is 16.5 Å². The molecule has 15 heteroatoms. The number of nitrogens with zero attached hydrogens (tertiary/aromatic N) is 6. The highest BCUT2D eigenvalue weighted by Crippen LogP contribution is 2.38. The lowest BCUT2D eigenvalue weighted by atomic mass is 10.1. The number of anilines is 2. The van der Waals surface area contributed by atoms with Crippen LogP contribution in [0.1, 0.15) is 12.5 Å². The van der Waals surface area contributed by atoms with Crippen LogP contribution >= 0.6 is 11.6 Å². The molecule has 2 N–H and O–H groups in total. The SMILES string of the molecule is C=CC(=O)N1CCN(c2nc(=O)n(-c3c(C)ccnc3S(=O)(=O)C3COC3)c3nc(-c4c(N)cccc4F)c(Cl)cc23)[C@@H](C)C1. The minimum Gasteiger partial charge on any atom is -0.398 e. The number of aryl methyl sites for hydroxylation is 1. The number of nitrogen functional groups attached to an aromatic ring is 1. The lowest BCUT2D eigenvalue weighted by Gasteiger charge is -2.40. The van der Waals surface area contributed by atoms with E-state index in [0.717, 1.165) is 4.57 Å². The van der Waals surface area contributed by atoms with Gasteiger partial charge in [-0.2, -0.15) is 4.98 Å². The van der Waals surface area contributed by atoms with E-state index in [1.165, 1.54) is 36.5 Å². The molecular formula is C30H29ClFN7O5S. The van der Waals surface area contributed by atoms with Crippen molar-refractivity contribution in [2.45, 2.75) is 30.2 Å². The molecule has 4 aromatic rings. The fraction of sp³-hybridized carbons (Fsp3) is 0.300. The highest BCUT2D eigenvalue weighted by molar-refractivity contribution is 7.92. The van der Waals surface area contributed by atoms with Crippen molar-refractivity contribution in [1.29, 1.82) is 0 Å². The summed E-state index contributed by atoms with van der Waals surface area (Å²) >= 11 is 6.75. The summed E-state index contributed by atoms with van der Waals surface area (Å²) in [6.07, 6.45) is 2.59. The molecule has 45 heavy (non-hydrogen) atoms. The molecule has 12 nitrogen and oxygen atoms in total. The number of benzene rings is 1. The first kappa shape index (κ1) is 30.6. The zero-order chi connectivity index (χ0) is 32.2. The summed E-state index contributed by atoms with van der Waals surface area (Å²) in [4.78, 5) is 43.2. The number of halogens is 2. The van der Waals surface area contributed by atoms with Crippen molar-refractivity contribution >= 4 is 49.9 Å². The van der Waals surface area contributed by atoms with E-state index in [0.29, 0.717) is 30.6 Å². The van der Waals surface area contributed by atoms with Crippen LogP contribution in [0.3, 0.4) is 0 Å². The van der Waals surface area contributed by atoms with Gasteiger partial charge in [-0.05, 0) is 49.8 Å². The minimum absolute atomic E-state index is 0.00693. The Balaban J connectivity index is 1.66. The summed E-state index contributed by atoms with van der Waals surface area (Å²) < 4.78 is 48.7. The third-order valence-corrected chi connectivity index (χ3v) is 10.4. The van der Waals surface area contributed by atoms with Crippen molar-refractivity contribution in [2.24, 2.45) is 0 Å². The van der Waals surface area contributed by atoms with Crippen LogP contribution in [0.5, 0.6) is 0 Å². The van der Waals surface area contributed by atoms with E-state index < -0.39 is 26.6 Å². The maximum Gasteiger partial charge on any atom is 0.355 e. The first-order valence-corrected chi connectivity index (χ1v) is 16.0. The number of carbonyl (C=O) groups excluding carboxylic acids is 1. The normalized spacial score (nSPS) is 17.4. The molecule has 234 valence electrons. The maximum atomic E-state index is 15.2. The van der Waals surface area contributed by atoms with Crippen LogP contribution < -0.4 is 16.3 Å². The van der Waals surface area contributed by atoms with E-state index in [1.807, 2.05) is 11.8 Å². The molecule has 1 amide bonds. The molecule has 2 aliphatic heterocycles. The Labute approximate surface area is 262 Å². The summed E-state index contributed by atoms with van der Waals surface area (Å²) in [7, 11) is -4.04. The van der Waals surface area contributed by atoms with E-state index in [1.54, 1.807) is 17.9 Å². The van der Waals surface area contributed by atoms with Crippen molar-refractivity contribution in [1.82, 2.24) is 24.4 Å². The molecule has 3 aromatic heterocycles. The zero-order valence-electron chi connectivity index (χ0n) is 24.4. The highest BCUT2D eigenvalue weighted by atomic mass is 35.5. The molecule has 2 saturated heterocycles. The second-order valence-electron chi connectivity index (χ2n) is 11.0. The van der Waals surface area contributed by atoms with Gasteiger partial charge >= 0.3 is 5.69 Å². The van der Waals surface area contributed by atoms with Crippen molar-refractivity contribution in [2.75, 3.05) is 43.5 Å². The number of sulfone groups is 1. The van der Waals surface area contributed by atoms with E-state index in [4.69, 9.17) is 27.1 Å². The summed E-state index contributed by atoms with van der Waals surface area (Å²) in [5, 5.41) is -0.844. The van der Waals surface area contributed by atoms with Crippen molar-refractivity contribution < 1.29 is 22.3 Å². The summed E-state index contributed by atoms with van der Waals surface area (Å²) in [5.74, 6) is -0.677. The van der Waals surface area contributed by atoms with Crippen LogP contribution in [-0.4, -0.2) is 82.9 Å². The number of hydrogen-bond acceptors (Lipinski definition) is 10. The van der Waals surface area contributed by atoms with Gasteiger partial charge in [0.15, 0.2) is 10.7 Å². The number of aromatic nitrogens is 4. The van der Waals surface area contributed by atoms with Crippen LogP contribution in [-0.2, 0) is 19.4 Å². The number of fused-ring (bicyclic) bond motifs is 1. The number of rotatable bonds is 6. The molecule has 2 aliphatic rings. The van der Waals surface area contributed by atoms with Gasteiger partial charge in [0.05, 0.1) is 40.6 Å². The quantitative estimate of drug-likeness (QED) is 0.243. The first-order chi connectivity index (χ1) is 21.4. The number of amides is 1. The second kappa shape index (κ2) is 11.5. The van der Waals surface area contributed by atoms with Gasteiger partial charge in [0, 0.05) is 37.6 Å². The van der Waals surface area contributed by atoms with Crippen LogP contribution in [0.4, 0.5) is 15.9 Å². The molecule has 0 saturated carbocycles. The van der Waals surface area contributed by atoms with Crippen LogP contribution in [0.15, 0.2) is 59.0 Å². The molecule has 1 aromatic carbocycles. The number of nitrogens with two attached hydrogens (primary N) is 1. The van der Waals surface area contributed by atoms with Gasteiger partial charge in [0.2, 0.25) is 15.7 Å². The minimum atomic E-state index is -4.04. The molecule has 2 fully saturated rings. The molecule has 6 rings (SSSR count). The predicted molar refractivity (Wildman–Crippen MR) is 168 cm³/mol. The third kappa shape index (κ3) is 5.12. The van der Waals surface area contributed by atoms with Gasteiger partial charge in [-0.3, -0.25) is 4.79 Å². The van der Waals surface area contributed by atoms with E-state index >= 15 is 4.39 Å². The Bertz CT molecular complexity index is 2030. The average Bonchev–Trinajstić information content (AvgIpc) is 2.96. The predicted octanol–water partition coefficient (Wildman–Crippen LogP) is 2.92. The van der Waals surface area contributed by atoms with Gasteiger partial charge in [-0.15, -0.1) is 0 Å².